The third-order valence-electron chi connectivity index (χ3n) is 6.19. The van der Waals surface area contributed by atoms with E-state index in [-0.39, 0.29) is 16.9 Å². The fraction of sp³-hybridized carbons (Fsp3) is 0.280. The van der Waals surface area contributed by atoms with Gasteiger partial charge in [0.15, 0.2) is 17.2 Å². The van der Waals surface area contributed by atoms with Crippen molar-refractivity contribution in [3.63, 3.8) is 0 Å². The Labute approximate surface area is 186 Å². The lowest BCUT2D eigenvalue weighted by Gasteiger charge is -2.30. The number of ether oxygens (including phenoxy) is 1. The Hall–Kier alpha value is -3.26. The fourth-order valence-electron chi connectivity index (χ4n) is 4.65. The highest BCUT2D eigenvalue weighted by atomic mass is 16.7. The zero-order chi connectivity index (χ0) is 22.2. The second-order valence-electron chi connectivity index (χ2n) is 8.22. The number of aliphatic hydroxyl groups is 2. The number of aliphatic hydroxyl groups excluding tert-OH is 1. The Morgan fingerprint density at radius 3 is 2.69 bits per heavy atom. The minimum atomic E-state index is -1.40. The van der Waals surface area contributed by atoms with Gasteiger partial charge < -0.3 is 14.9 Å². The van der Waals surface area contributed by atoms with Crippen molar-refractivity contribution < 1.29 is 24.5 Å². The first kappa shape index (κ1) is 20.6. The Balaban J connectivity index is 1.60. The van der Waals surface area contributed by atoms with Crippen LogP contribution in [0.3, 0.4) is 0 Å². The summed E-state index contributed by atoms with van der Waals surface area (Å²) in [5.41, 5.74) is 2.54. The summed E-state index contributed by atoms with van der Waals surface area (Å²) in [6.07, 6.45) is 6.56. The van der Waals surface area contributed by atoms with Crippen LogP contribution in [-0.4, -0.2) is 44.9 Å². The van der Waals surface area contributed by atoms with Crippen LogP contribution >= 0.6 is 0 Å². The highest BCUT2D eigenvalue weighted by Gasteiger charge is 2.55. The predicted molar refractivity (Wildman–Crippen MR) is 119 cm³/mol. The Morgan fingerprint density at radius 1 is 1.12 bits per heavy atom. The monoisotopic (exact) mass is 432 g/mol. The zero-order valence-electron chi connectivity index (χ0n) is 17.9. The van der Waals surface area contributed by atoms with Crippen molar-refractivity contribution in [2.45, 2.75) is 31.5 Å². The van der Waals surface area contributed by atoms with Gasteiger partial charge in [-0.2, -0.15) is 4.84 Å². The molecule has 2 unspecified atom stereocenters. The molecular weight excluding hydrogens is 406 g/mol. The van der Waals surface area contributed by atoms with Crippen LogP contribution in [0, 0.1) is 0 Å². The van der Waals surface area contributed by atoms with Crippen LogP contribution in [0.1, 0.15) is 30.5 Å². The number of aromatic nitrogens is 1. The SMILES string of the molecule is COC1=C(O)C=CC(O)(C2=C3CCC[N+]3(OCc3ccccc3)N=C2c2ccccn2)C1. The van der Waals surface area contributed by atoms with Crippen molar-refractivity contribution >= 4 is 5.71 Å². The normalized spacial score (nSPS) is 27.0. The predicted octanol–water partition coefficient (Wildman–Crippen LogP) is 3.90. The molecule has 2 atom stereocenters. The first-order valence-electron chi connectivity index (χ1n) is 10.8. The van der Waals surface area contributed by atoms with Gasteiger partial charge >= 0.3 is 0 Å². The van der Waals surface area contributed by atoms with E-state index in [2.05, 4.69) is 4.98 Å². The molecule has 32 heavy (non-hydrogen) atoms. The molecule has 0 radical (unpaired) electrons. The molecule has 1 fully saturated rings. The number of benzene rings is 1. The quantitative estimate of drug-likeness (QED) is 0.677. The topological polar surface area (TPSA) is 84.2 Å². The van der Waals surface area contributed by atoms with Crippen molar-refractivity contribution in [2.75, 3.05) is 13.7 Å². The number of pyridine rings is 1. The molecule has 164 valence electrons. The van der Waals surface area contributed by atoms with Crippen LogP contribution in [0.15, 0.2) is 94.8 Å². The molecule has 2 aliphatic heterocycles. The summed E-state index contributed by atoms with van der Waals surface area (Å²) in [7, 11) is 1.49. The van der Waals surface area contributed by atoms with Crippen molar-refractivity contribution in [2.24, 2.45) is 5.10 Å². The van der Waals surface area contributed by atoms with Gasteiger partial charge in [0.05, 0.1) is 18.4 Å². The number of allylic oxidation sites excluding steroid dienone is 2. The molecule has 7 heteroatoms. The van der Waals surface area contributed by atoms with Crippen molar-refractivity contribution in [1.82, 2.24) is 4.98 Å². The molecule has 3 heterocycles. The van der Waals surface area contributed by atoms with E-state index in [1.807, 2.05) is 48.5 Å². The molecule has 1 aliphatic carbocycles. The lowest BCUT2D eigenvalue weighted by Crippen LogP contribution is -2.38. The highest BCUT2D eigenvalue weighted by molar-refractivity contribution is 6.13. The van der Waals surface area contributed by atoms with Crippen LogP contribution < -0.4 is 0 Å². The van der Waals surface area contributed by atoms with E-state index in [1.54, 1.807) is 12.3 Å². The molecule has 5 rings (SSSR count). The van der Waals surface area contributed by atoms with Gasteiger partial charge in [-0.05, 0) is 39.7 Å². The maximum atomic E-state index is 11.8. The van der Waals surface area contributed by atoms with Gasteiger partial charge in [0.2, 0.25) is 0 Å². The van der Waals surface area contributed by atoms with Crippen molar-refractivity contribution in [3.05, 3.63) is 101 Å². The van der Waals surface area contributed by atoms with Gasteiger partial charge in [0.25, 0.3) is 0 Å². The molecule has 7 nitrogen and oxygen atoms in total. The van der Waals surface area contributed by atoms with Crippen LogP contribution in [-0.2, 0) is 16.2 Å². The average Bonchev–Trinajstić information content (AvgIpc) is 3.37. The molecule has 1 aromatic heterocycles. The summed E-state index contributed by atoms with van der Waals surface area (Å²) in [5, 5.41) is 27.0. The van der Waals surface area contributed by atoms with E-state index in [0.717, 1.165) is 24.1 Å². The first-order valence-corrected chi connectivity index (χ1v) is 10.8. The Bertz CT molecular complexity index is 1140. The van der Waals surface area contributed by atoms with Gasteiger partial charge in [-0.1, -0.05) is 36.4 Å². The average molecular weight is 433 g/mol. The smallest absolute Gasteiger partial charge is 0.179 e. The number of quaternary nitrogens is 1. The molecule has 1 saturated heterocycles. The molecule has 2 N–H and O–H groups in total. The number of hydrogen-bond acceptors (Lipinski definition) is 6. The van der Waals surface area contributed by atoms with E-state index in [1.165, 1.54) is 13.2 Å². The molecule has 0 amide bonds. The third-order valence-corrected chi connectivity index (χ3v) is 6.19. The van der Waals surface area contributed by atoms with E-state index < -0.39 is 5.60 Å². The van der Waals surface area contributed by atoms with E-state index in [9.17, 15) is 10.2 Å². The maximum absolute atomic E-state index is 11.8. The minimum Gasteiger partial charge on any atom is -0.504 e. The lowest BCUT2D eigenvalue weighted by atomic mass is 9.81. The summed E-state index contributed by atoms with van der Waals surface area (Å²) in [6, 6.07) is 15.6. The number of nitrogens with zero attached hydrogens (tertiary/aromatic N) is 3. The van der Waals surface area contributed by atoms with Gasteiger partial charge in [-0.3, -0.25) is 4.98 Å². The summed E-state index contributed by atoms with van der Waals surface area (Å²) < 4.78 is 5.35. The summed E-state index contributed by atoms with van der Waals surface area (Å²) >= 11 is 0. The van der Waals surface area contributed by atoms with Gasteiger partial charge in [-0.15, -0.1) is 0 Å². The lowest BCUT2D eigenvalue weighted by molar-refractivity contribution is -1.08. The molecule has 0 saturated carbocycles. The van der Waals surface area contributed by atoms with Crippen molar-refractivity contribution in [1.29, 1.82) is 0 Å². The molecular formula is C25H26N3O4+. The molecule has 2 aromatic rings. The van der Waals surface area contributed by atoms with Crippen LogP contribution in [0.2, 0.25) is 0 Å². The molecule has 0 bridgehead atoms. The van der Waals surface area contributed by atoms with Crippen molar-refractivity contribution in [3.8, 4) is 0 Å². The molecule has 3 aliphatic rings. The summed E-state index contributed by atoms with van der Waals surface area (Å²) in [5.74, 6) is 0.348. The number of rotatable bonds is 6. The number of fused-ring (bicyclic) bond motifs is 1. The largest absolute Gasteiger partial charge is 0.504 e. The van der Waals surface area contributed by atoms with Crippen LogP contribution in [0.4, 0.5) is 0 Å². The number of hydrogen-bond donors (Lipinski definition) is 2. The second-order valence-corrected chi connectivity index (χ2v) is 8.22. The van der Waals surface area contributed by atoms with Crippen LogP contribution in [0.5, 0.6) is 0 Å². The van der Waals surface area contributed by atoms with E-state index in [0.29, 0.717) is 35.9 Å². The Morgan fingerprint density at radius 2 is 1.94 bits per heavy atom. The van der Waals surface area contributed by atoms with E-state index in [4.69, 9.17) is 14.7 Å². The Kier molecular flexibility index (Phi) is 5.17. The first-order chi connectivity index (χ1) is 15.5. The minimum absolute atomic E-state index is 0.00426. The number of methoxy groups -OCH3 is 1. The standard InChI is InChI=1S/C25H25N3O4/c1-31-22-16-25(30,13-12-21(22)29)23-20-11-7-15-28(20,32-17-18-8-3-2-4-9-18)27-24(23)19-10-5-6-14-26-19/h2-6,8-10,12-14,30H,7,11,15-17H2,1H3/p+1. The van der Waals surface area contributed by atoms with Gasteiger partial charge in [0.1, 0.15) is 24.5 Å². The van der Waals surface area contributed by atoms with Gasteiger partial charge in [0, 0.05) is 25.5 Å². The van der Waals surface area contributed by atoms with Gasteiger partial charge in [-0.25, -0.2) is 0 Å². The summed E-state index contributed by atoms with van der Waals surface area (Å²) in [4.78, 5) is 10.9. The number of hydroxylamine groups is 2. The summed E-state index contributed by atoms with van der Waals surface area (Å²) in [6.45, 7) is 1.08. The second kappa shape index (κ2) is 8.02. The fourth-order valence-corrected chi connectivity index (χ4v) is 4.65. The highest BCUT2D eigenvalue weighted by Crippen LogP contribution is 2.47. The molecule has 0 spiro atoms. The zero-order valence-corrected chi connectivity index (χ0v) is 17.9. The van der Waals surface area contributed by atoms with Crippen LogP contribution in [0.25, 0.3) is 0 Å². The molecule has 1 aromatic carbocycles. The maximum Gasteiger partial charge on any atom is 0.179 e. The third kappa shape index (κ3) is 3.44. The van der Waals surface area contributed by atoms with E-state index >= 15 is 0 Å².